The van der Waals surface area contributed by atoms with Crippen LogP contribution >= 0.6 is 0 Å². The molecule has 2 rings (SSSR count). The van der Waals surface area contributed by atoms with Crippen molar-refractivity contribution in [2.45, 2.75) is 64.2 Å². The monoisotopic (exact) mass is 282 g/mol. The lowest BCUT2D eigenvalue weighted by Gasteiger charge is -2.17. The second-order valence-electron chi connectivity index (χ2n) is 6.28. The molecular weight excluding hydrogens is 252 g/mol. The third kappa shape index (κ3) is 5.91. The summed E-state index contributed by atoms with van der Waals surface area (Å²) in [6.07, 6.45) is 20.7. The van der Waals surface area contributed by atoms with E-state index in [0.717, 1.165) is 0 Å². The van der Waals surface area contributed by atoms with Crippen LogP contribution in [0.4, 0.5) is 0 Å². The van der Waals surface area contributed by atoms with E-state index in [-0.39, 0.29) is 0 Å². The van der Waals surface area contributed by atoms with Crippen molar-refractivity contribution in [1.82, 2.24) is 0 Å². The average molecular weight is 282 g/mol. The molecule has 114 valence electrons. The Bertz CT molecular complexity index is 413. The van der Waals surface area contributed by atoms with Crippen molar-refractivity contribution in [3.05, 3.63) is 60.2 Å². The molecule has 0 amide bonds. The fraction of sp³-hybridized carbons (Fsp3) is 0.524. The number of hydrogen-bond donors (Lipinski definition) is 0. The van der Waals surface area contributed by atoms with Gasteiger partial charge in [-0.25, -0.2) is 0 Å². The number of hydrogen-bond acceptors (Lipinski definition) is 0. The summed E-state index contributed by atoms with van der Waals surface area (Å²) in [5.41, 5.74) is 1.40. The fourth-order valence-corrected chi connectivity index (χ4v) is 3.08. The van der Waals surface area contributed by atoms with Crippen LogP contribution < -0.4 is 0 Å². The molecule has 0 aromatic heterocycles. The highest BCUT2D eigenvalue weighted by atomic mass is 14.2. The Morgan fingerprint density at radius 2 is 1.33 bits per heavy atom. The number of benzene rings is 1. The molecule has 0 unspecified atom stereocenters. The minimum Gasteiger partial charge on any atom is -0.0807 e. The lowest BCUT2D eigenvalue weighted by Crippen LogP contribution is -2.01. The molecule has 1 aliphatic carbocycles. The Labute approximate surface area is 131 Å². The van der Waals surface area contributed by atoms with Crippen LogP contribution in [-0.2, 0) is 0 Å². The number of unbranched alkanes of at least 4 members (excludes halogenated alkanes) is 6. The molecular formula is C21H30. The Morgan fingerprint density at radius 1 is 0.714 bits per heavy atom. The van der Waals surface area contributed by atoms with Gasteiger partial charge in [0, 0.05) is 5.92 Å². The molecule has 0 heteroatoms. The van der Waals surface area contributed by atoms with Crippen LogP contribution in [-0.4, -0.2) is 0 Å². The smallest absolute Gasteiger partial charge is 0.0199 e. The van der Waals surface area contributed by atoms with Crippen LogP contribution in [0.5, 0.6) is 0 Å². The summed E-state index contributed by atoms with van der Waals surface area (Å²) in [7, 11) is 0. The summed E-state index contributed by atoms with van der Waals surface area (Å²) in [6.45, 7) is 2.28. The maximum absolute atomic E-state index is 2.41. The van der Waals surface area contributed by atoms with Crippen molar-refractivity contribution in [3.63, 3.8) is 0 Å². The Morgan fingerprint density at radius 3 is 2.00 bits per heavy atom. The molecule has 0 saturated carbocycles. The van der Waals surface area contributed by atoms with Crippen LogP contribution in [0, 0.1) is 5.92 Å². The molecule has 0 spiro atoms. The summed E-state index contributed by atoms with van der Waals surface area (Å²) in [6, 6.07) is 10.8. The van der Waals surface area contributed by atoms with Gasteiger partial charge in [0.1, 0.15) is 0 Å². The van der Waals surface area contributed by atoms with Gasteiger partial charge >= 0.3 is 0 Å². The van der Waals surface area contributed by atoms with Crippen LogP contribution in [0.25, 0.3) is 0 Å². The predicted octanol–water partition coefficient (Wildman–Crippen LogP) is 6.65. The normalized spacial score (nSPS) is 20.8. The Hall–Kier alpha value is -1.30. The maximum atomic E-state index is 2.41. The minimum atomic E-state index is 0.483. The zero-order valence-corrected chi connectivity index (χ0v) is 13.5. The molecule has 1 aromatic carbocycles. The van der Waals surface area contributed by atoms with Gasteiger partial charge in [-0.1, -0.05) is 107 Å². The molecule has 0 fully saturated rings. The molecule has 0 aliphatic heterocycles. The average Bonchev–Trinajstić information content (AvgIpc) is 2.55. The van der Waals surface area contributed by atoms with Crippen LogP contribution in [0.1, 0.15) is 69.8 Å². The minimum absolute atomic E-state index is 0.483. The van der Waals surface area contributed by atoms with Gasteiger partial charge in [0.25, 0.3) is 0 Å². The topological polar surface area (TPSA) is 0 Å². The van der Waals surface area contributed by atoms with Gasteiger partial charge in [-0.05, 0) is 17.9 Å². The second-order valence-corrected chi connectivity index (χ2v) is 6.28. The molecule has 21 heavy (non-hydrogen) atoms. The van der Waals surface area contributed by atoms with E-state index < -0.39 is 0 Å². The summed E-state index contributed by atoms with van der Waals surface area (Å²) < 4.78 is 0. The van der Waals surface area contributed by atoms with Gasteiger partial charge in [-0.3, -0.25) is 0 Å². The predicted molar refractivity (Wildman–Crippen MR) is 93.6 cm³/mol. The van der Waals surface area contributed by atoms with Gasteiger partial charge in [0.15, 0.2) is 0 Å². The quantitative estimate of drug-likeness (QED) is 0.351. The molecule has 0 radical (unpaired) electrons. The zero-order valence-electron chi connectivity index (χ0n) is 13.5. The SMILES string of the molecule is CCCCCCCCCC1C=CC(c2ccccc2)C=C1. The molecule has 0 heterocycles. The van der Waals surface area contributed by atoms with Crippen LogP contribution in [0.15, 0.2) is 54.6 Å². The van der Waals surface area contributed by atoms with E-state index in [1.807, 2.05) is 0 Å². The molecule has 0 atom stereocenters. The lowest BCUT2D eigenvalue weighted by atomic mass is 9.88. The van der Waals surface area contributed by atoms with Crippen molar-refractivity contribution in [1.29, 1.82) is 0 Å². The molecule has 0 saturated heterocycles. The van der Waals surface area contributed by atoms with E-state index in [4.69, 9.17) is 0 Å². The third-order valence-electron chi connectivity index (χ3n) is 4.46. The van der Waals surface area contributed by atoms with E-state index in [9.17, 15) is 0 Å². The largest absolute Gasteiger partial charge is 0.0807 e. The number of rotatable bonds is 9. The second kappa shape index (κ2) is 9.60. The molecule has 0 N–H and O–H groups in total. The summed E-state index contributed by atoms with van der Waals surface area (Å²) in [5.74, 6) is 1.15. The van der Waals surface area contributed by atoms with Crippen molar-refractivity contribution >= 4 is 0 Å². The first-order valence-corrected chi connectivity index (χ1v) is 8.81. The highest BCUT2D eigenvalue weighted by molar-refractivity contribution is 5.31. The van der Waals surface area contributed by atoms with E-state index in [0.29, 0.717) is 11.8 Å². The first-order valence-electron chi connectivity index (χ1n) is 8.81. The summed E-state index contributed by atoms with van der Waals surface area (Å²) >= 11 is 0. The van der Waals surface area contributed by atoms with Crippen molar-refractivity contribution in [3.8, 4) is 0 Å². The van der Waals surface area contributed by atoms with Gasteiger partial charge < -0.3 is 0 Å². The van der Waals surface area contributed by atoms with Gasteiger partial charge in [0.05, 0.1) is 0 Å². The summed E-state index contributed by atoms with van der Waals surface area (Å²) in [5, 5.41) is 0. The van der Waals surface area contributed by atoms with Crippen LogP contribution in [0.3, 0.4) is 0 Å². The number of allylic oxidation sites excluding steroid dienone is 4. The van der Waals surface area contributed by atoms with E-state index >= 15 is 0 Å². The Balaban J connectivity index is 1.61. The summed E-state index contributed by atoms with van der Waals surface area (Å²) in [4.78, 5) is 0. The highest BCUT2D eigenvalue weighted by Crippen LogP contribution is 2.26. The van der Waals surface area contributed by atoms with Crippen molar-refractivity contribution in [2.75, 3.05) is 0 Å². The maximum Gasteiger partial charge on any atom is 0.0199 e. The Kier molecular flexibility index (Phi) is 7.35. The highest BCUT2D eigenvalue weighted by Gasteiger charge is 2.10. The lowest BCUT2D eigenvalue weighted by molar-refractivity contribution is 0.552. The van der Waals surface area contributed by atoms with Crippen molar-refractivity contribution < 1.29 is 0 Å². The van der Waals surface area contributed by atoms with Crippen LogP contribution in [0.2, 0.25) is 0 Å². The first kappa shape index (κ1) is 16.1. The fourth-order valence-electron chi connectivity index (χ4n) is 3.08. The molecule has 0 nitrogen and oxygen atoms in total. The standard InChI is InChI=1S/C21H30/c1-2-3-4-5-6-7-9-12-19-15-17-21(18-16-19)20-13-10-8-11-14-20/h8,10-11,13-19,21H,2-7,9,12H2,1H3. The molecule has 1 aliphatic rings. The van der Waals surface area contributed by atoms with E-state index in [1.165, 1.54) is 56.9 Å². The molecule has 0 bridgehead atoms. The van der Waals surface area contributed by atoms with Gasteiger partial charge in [-0.15, -0.1) is 0 Å². The van der Waals surface area contributed by atoms with Gasteiger partial charge in [0.2, 0.25) is 0 Å². The zero-order chi connectivity index (χ0) is 14.8. The first-order chi connectivity index (χ1) is 10.4. The van der Waals surface area contributed by atoms with E-state index in [1.54, 1.807) is 0 Å². The molecule has 1 aromatic rings. The van der Waals surface area contributed by atoms with Gasteiger partial charge in [-0.2, -0.15) is 0 Å². The van der Waals surface area contributed by atoms with Crippen molar-refractivity contribution in [2.24, 2.45) is 5.92 Å². The third-order valence-corrected chi connectivity index (χ3v) is 4.46. The van der Waals surface area contributed by atoms with E-state index in [2.05, 4.69) is 61.6 Å².